The van der Waals surface area contributed by atoms with Gasteiger partial charge in [-0.05, 0) is 31.0 Å². The molecule has 0 saturated heterocycles. The highest BCUT2D eigenvalue weighted by Gasteiger charge is 2.42. The van der Waals surface area contributed by atoms with Gasteiger partial charge in [0, 0.05) is 17.5 Å². The average Bonchev–Trinajstić information content (AvgIpc) is 3.04. The van der Waals surface area contributed by atoms with Crippen LogP contribution in [0.15, 0.2) is 23.7 Å². The minimum absolute atomic E-state index is 0.0513. The predicted molar refractivity (Wildman–Crippen MR) is 70.7 cm³/mol. The van der Waals surface area contributed by atoms with Crippen LogP contribution in [0.1, 0.15) is 23.2 Å². The van der Waals surface area contributed by atoms with Crippen LogP contribution in [0.3, 0.4) is 0 Å². The molecule has 4 nitrogen and oxygen atoms in total. The summed E-state index contributed by atoms with van der Waals surface area (Å²) in [5, 5.41) is 12.1. The zero-order valence-electron chi connectivity index (χ0n) is 9.85. The van der Waals surface area contributed by atoms with E-state index in [0.29, 0.717) is 12.1 Å². The van der Waals surface area contributed by atoms with Crippen LogP contribution in [0.5, 0.6) is 0 Å². The molecule has 1 aliphatic carbocycles. The lowest BCUT2D eigenvalue weighted by molar-refractivity contribution is 0.0935. The van der Waals surface area contributed by atoms with Crippen molar-refractivity contribution in [1.82, 2.24) is 10.3 Å². The van der Waals surface area contributed by atoms with Crippen LogP contribution in [0.25, 0.3) is 10.2 Å². The SMILES string of the molecule is O=C(NCC1(CO)CC1)c1ccc2ncsc2c1. The van der Waals surface area contributed by atoms with Gasteiger partial charge in [-0.25, -0.2) is 4.98 Å². The van der Waals surface area contributed by atoms with Gasteiger partial charge in [-0.2, -0.15) is 0 Å². The smallest absolute Gasteiger partial charge is 0.251 e. The molecule has 18 heavy (non-hydrogen) atoms. The first-order chi connectivity index (χ1) is 8.72. The molecule has 1 heterocycles. The molecule has 1 amide bonds. The summed E-state index contributed by atoms with van der Waals surface area (Å²) in [5.41, 5.74) is 3.30. The summed E-state index contributed by atoms with van der Waals surface area (Å²) >= 11 is 1.53. The molecular weight excluding hydrogens is 248 g/mol. The molecule has 1 fully saturated rings. The Labute approximate surface area is 109 Å². The maximum atomic E-state index is 12.0. The number of hydrogen-bond donors (Lipinski definition) is 2. The second-order valence-corrected chi connectivity index (χ2v) is 5.76. The van der Waals surface area contributed by atoms with Crippen molar-refractivity contribution < 1.29 is 9.90 Å². The number of nitrogens with zero attached hydrogens (tertiary/aromatic N) is 1. The monoisotopic (exact) mass is 262 g/mol. The number of nitrogens with one attached hydrogen (secondary N) is 1. The van der Waals surface area contributed by atoms with Crippen molar-refractivity contribution >= 4 is 27.5 Å². The molecule has 0 radical (unpaired) electrons. The number of aromatic nitrogens is 1. The Balaban J connectivity index is 1.71. The van der Waals surface area contributed by atoms with Crippen molar-refractivity contribution in [2.24, 2.45) is 5.41 Å². The normalized spacial score (nSPS) is 16.7. The maximum absolute atomic E-state index is 12.0. The van der Waals surface area contributed by atoms with Crippen molar-refractivity contribution in [3.8, 4) is 0 Å². The number of rotatable bonds is 4. The van der Waals surface area contributed by atoms with E-state index in [0.717, 1.165) is 23.1 Å². The molecule has 3 rings (SSSR count). The number of fused-ring (bicyclic) bond motifs is 1. The Bertz CT molecular complexity index is 589. The first-order valence-corrected chi connectivity index (χ1v) is 6.83. The van der Waals surface area contributed by atoms with E-state index in [1.807, 2.05) is 12.1 Å². The number of benzene rings is 1. The van der Waals surface area contributed by atoms with Gasteiger partial charge in [0.2, 0.25) is 0 Å². The molecule has 1 saturated carbocycles. The maximum Gasteiger partial charge on any atom is 0.251 e. The summed E-state index contributed by atoms with van der Waals surface area (Å²) in [5.74, 6) is -0.0787. The lowest BCUT2D eigenvalue weighted by atomic mass is 10.1. The number of amides is 1. The van der Waals surface area contributed by atoms with Gasteiger partial charge in [-0.15, -0.1) is 11.3 Å². The fourth-order valence-electron chi connectivity index (χ4n) is 1.93. The topological polar surface area (TPSA) is 62.2 Å². The molecule has 0 spiro atoms. The van der Waals surface area contributed by atoms with Gasteiger partial charge in [0.05, 0.1) is 22.3 Å². The summed E-state index contributed by atoms with van der Waals surface area (Å²) < 4.78 is 1.02. The van der Waals surface area contributed by atoms with Crippen molar-refractivity contribution in [2.45, 2.75) is 12.8 Å². The van der Waals surface area contributed by atoms with Gasteiger partial charge < -0.3 is 10.4 Å². The molecule has 5 heteroatoms. The van der Waals surface area contributed by atoms with Crippen molar-refractivity contribution in [2.75, 3.05) is 13.2 Å². The van der Waals surface area contributed by atoms with E-state index in [1.54, 1.807) is 11.6 Å². The third kappa shape index (κ3) is 2.11. The van der Waals surface area contributed by atoms with Gasteiger partial charge in [-0.3, -0.25) is 4.79 Å². The summed E-state index contributed by atoms with van der Waals surface area (Å²) in [7, 11) is 0. The van der Waals surface area contributed by atoms with Crippen LogP contribution in [0, 0.1) is 5.41 Å². The second-order valence-electron chi connectivity index (χ2n) is 4.88. The van der Waals surface area contributed by atoms with Crippen LogP contribution in [-0.4, -0.2) is 29.1 Å². The standard InChI is InChI=1S/C13H14N2O2S/c16-7-13(3-4-13)6-14-12(17)9-1-2-10-11(5-9)18-8-15-10/h1-2,5,8,16H,3-4,6-7H2,(H,14,17). The van der Waals surface area contributed by atoms with Crippen LogP contribution in [0.4, 0.5) is 0 Å². The minimum atomic E-state index is -0.0787. The van der Waals surface area contributed by atoms with Gasteiger partial charge in [0.1, 0.15) is 0 Å². The highest BCUT2D eigenvalue weighted by Crippen LogP contribution is 2.44. The average molecular weight is 262 g/mol. The summed E-state index contributed by atoms with van der Waals surface area (Å²) in [6, 6.07) is 5.51. The van der Waals surface area contributed by atoms with Crippen LogP contribution >= 0.6 is 11.3 Å². The summed E-state index contributed by atoms with van der Waals surface area (Å²) in [4.78, 5) is 16.2. The molecule has 0 aliphatic heterocycles. The van der Waals surface area contributed by atoms with E-state index >= 15 is 0 Å². The quantitative estimate of drug-likeness (QED) is 0.883. The highest BCUT2D eigenvalue weighted by atomic mass is 32.1. The third-order valence-electron chi connectivity index (χ3n) is 3.51. The van der Waals surface area contributed by atoms with Crippen molar-refractivity contribution in [1.29, 1.82) is 0 Å². The Morgan fingerprint density at radius 3 is 3.06 bits per heavy atom. The lowest BCUT2D eigenvalue weighted by Gasteiger charge is -2.12. The summed E-state index contributed by atoms with van der Waals surface area (Å²) in [6.07, 6.45) is 2.00. The van der Waals surface area contributed by atoms with Crippen LogP contribution in [-0.2, 0) is 0 Å². The number of aliphatic hydroxyl groups is 1. The first-order valence-electron chi connectivity index (χ1n) is 5.95. The van der Waals surface area contributed by atoms with E-state index in [9.17, 15) is 9.90 Å². The minimum Gasteiger partial charge on any atom is -0.396 e. The van der Waals surface area contributed by atoms with Crippen molar-refractivity contribution in [3.63, 3.8) is 0 Å². The molecule has 0 bridgehead atoms. The van der Waals surface area contributed by atoms with Gasteiger partial charge >= 0.3 is 0 Å². The van der Waals surface area contributed by atoms with E-state index < -0.39 is 0 Å². The Hall–Kier alpha value is -1.46. The Kier molecular flexibility index (Phi) is 2.80. The fraction of sp³-hybridized carbons (Fsp3) is 0.385. The number of carbonyl (C=O) groups is 1. The molecule has 94 valence electrons. The van der Waals surface area contributed by atoms with Gasteiger partial charge in [0.25, 0.3) is 5.91 Å². The largest absolute Gasteiger partial charge is 0.396 e. The molecule has 1 aromatic heterocycles. The highest BCUT2D eigenvalue weighted by molar-refractivity contribution is 7.16. The number of aliphatic hydroxyl groups excluding tert-OH is 1. The van der Waals surface area contributed by atoms with Crippen LogP contribution < -0.4 is 5.32 Å². The number of carbonyl (C=O) groups excluding carboxylic acids is 1. The predicted octanol–water partition coefficient (Wildman–Crippen LogP) is 1.80. The number of hydrogen-bond acceptors (Lipinski definition) is 4. The second kappa shape index (κ2) is 4.33. The van der Waals surface area contributed by atoms with E-state index in [-0.39, 0.29) is 17.9 Å². The fourth-order valence-corrected chi connectivity index (χ4v) is 2.65. The lowest BCUT2D eigenvalue weighted by Crippen LogP contribution is -2.31. The molecule has 1 aromatic carbocycles. The molecule has 2 aromatic rings. The van der Waals surface area contributed by atoms with Crippen LogP contribution in [0.2, 0.25) is 0 Å². The Morgan fingerprint density at radius 1 is 1.50 bits per heavy atom. The van der Waals surface area contributed by atoms with E-state index in [4.69, 9.17) is 0 Å². The molecule has 1 aliphatic rings. The van der Waals surface area contributed by atoms with Gasteiger partial charge in [-0.1, -0.05) is 0 Å². The third-order valence-corrected chi connectivity index (χ3v) is 4.30. The molecule has 2 N–H and O–H groups in total. The van der Waals surface area contributed by atoms with E-state index in [1.165, 1.54) is 11.3 Å². The number of thiazole rings is 1. The zero-order valence-corrected chi connectivity index (χ0v) is 10.7. The van der Waals surface area contributed by atoms with Crippen molar-refractivity contribution in [3.05, 3.63) is 29.3 Å². The Morgan fingerprint density at radius 2 is 2.33 bits per heavy atom. The molecule has 0 unspecified atom stereocenters. The summed E-state index contributed by atoms with van der Waals surface area (Å²) in [6.45, 7) is 0.713. The van der Waals surface area contributed by atoms with Gasteiger partial charge in [0.15, 0.2) is 0 Å². The van der Waals surface area contributed by atoms with E-state index in [2.05, 4.69) is 10.3 Å². The molecular formula is C13H14N2O2S. The first kappa shape index (κ1) is 11.6. The molecule has 0 atom stereocenters. The zero-order chi connectivity index (χ0) is 12.6.